The molecule has 5 aromatic rings. The van der Waals surface area contributed by atoms with Gasteiger partial charge in [0.1, 0.15) is 30.0 Å². The molecule has 0 radical (unpaired) electrons. The molecule has 1 fully saturated rings. The van der Waals surface area contributed by atoms with Crippen molar-refractivity contribution < 1.29 is 27.6 Å². The van der Waals surface area contributed by atoms with Gasteiger partial charge in [0.2, 0.25) is 0 Å². The van der Waals surface area contributed by atoms with Crippen molar-refractivity contribution in [3.63, 3.8) is 0 Å². The Labute approximate surface area is 338 Å². The van der Waals surface area contributed by atoms with Crippen molar-refractivity contribution in [1.82, 2.24) is 19.7 Å². The van der Waals surface area contributed by atoms with Crippen LogP contribution in [-0.4, -0.2) is 74.6 Å². The molecular weight excluding hydrogens is 759 g/mol. The molecule has 2 N–H and O–H groups in total. The molecule has 1 aliphatic rings. The van der Waals surface area contributed by atoms with Gasteiger partial charge in [-0.3, -0.25) is 0 Å². The standard InChI is InChI=1S/C42H59N5O6SSi2/c1-26-30(35(51-46-26)27-17-15-14-16-18-27)23-54-24-33-36(52-55(10,11)41(2,3)4)37(53-56(12,13)42(5,6)7)40(50-33)47-22-29(34-38(43)44-25-45-39(34)47)28-19-20-31(48-8)32(21-28)49-9/h14-22,25,33,36-37,40H,23-24H2,1-13H3,(H2,43,44,45)/t33-,36-,37-,40-/m1/s1. The van der Waals surface area contributed by atoms with Crippen molar-refractivity contribution in [2.24, 2.45) is 0 Å². The summed E-state index contributed by atoms with van der Waals surface area (Å²) in [5, 5.41) is 4.96. The number of hydrogen-bond donors (Lipinski definition) is 1. The van der Waals surface area contributed by atoms with Crippen molar-refractivity contribution in [2.75, 3.05) is 25.7 Å². The van der Waals surface area contributed by atoms with E-state index < -0.39 is 29.0 Å². The molecule has 4 heterocycles. The van der Waals surface area contributed by atoms with E-state index in [4.69, 9.17) is 38.3 Å². The van der Waals surface area contributed by atoms with Gasteiger partial charge in [-0.2, -0.15) is 11.8 Å². The molecule has 0 spiro atoms. The molecule has 3 aromatic heterocycles. The average molecular weight is 818 g/mol. The van der Waals surface area contributed by atoms with E-state index in [0.717, 1.165) is 39.1 Å². The Bertz CT molecular complexity index is 2140. The van der Waals surface area contributed by atoms with Crippen LogP contribution in [0.1, 0.15) is 59.0 Å². The number of aromatic nitrogens is 4. The molecule has 0 bridgehead atoms. The van der Waals surface area contributed by atoms with E-state index in [2.05, 4.69) is 101 Å². The number of thioether (sulfide) groups is 1. The molecule has 11 nitrogen and oxygen atoms in total. The zero-order chi connectivity index (χ0) is 40.8. The number of aryl methyl sites for hydroxylation is 1. The molecule has 1 aliphatic heterocycles. The number of ether oxygens (including phenoxy) is 3. The Kier molecular flexibility index (Phi) is 11.9. The summed E-state index contributed by atoms with van der Waals surface area (Å²) in [5.41, 5.74) is 12.0. The quantitative estimate of drug-likeness (QED) is 0.114. The zero-order valence-corrected chi connectivity index (χ0v) is 38.0. The molecule has 2 aromatic carbocycles. The smallest absolute Gasteiger partial charge is 0.192 e. The monoisotopic (exact) mass is 817 g/mol. The molecule has 302 valence electrons. The molecule has 0 amide bonds. The van der Waals surface area contributed by atoms with Gasteiger partial charge in [0.25, 0.3) is 0 Å². The summed E-state index contributed by atoms with van der Waals surface area (Å²) >= 11 is 1.79. The largest absolute Gasteiger partial charge is 0.493 e. The maximum absolute atomic E-state index is 7.49. The molecule has 56 heavy (non-hydrogen) atoms. The fourth-order valence-corrected chi connectivity index (χ4v) is 10.3. The molecular formula is C42H59N5O6SSi2. The lowest BCUT2D eigenvalue weighted by molar-refractivity contribution is -0.0243. The summed E-state index contributed by atoms with van der Waals surface area (Å²) < 4.78 is 41.4. The third-order valence-electron chi connectivity index (χ3n) is 11.9. The van der Waals surface area contributed by atoms with E-state index in [1.54, 1.807) is 26.0 Å². The van der Waals surface area contributed by atoms with Gasteiger partial charge < -0.3 is 37.9 Å². The highest BCUT2D eigenvalue weighted by molar-refractivity contribution is 7.98. The molecule has 0 saturated carbocycles. The minimum absolute atomic E-state index is 0.0448. The lowest BCUT2D eigenvalue weighted by Crippen LogP contribution is -2.53. The number of fused-ring (bicyclic) bond motifs is 1. The van der Waals surface area contributed by atoms with Crippen molar-refractivity contribution in [3.05, 3.63) is 72.3 Å². The number of nitrogens with two attached hydrogens (primary N) is 1. The van der Waals surface area contributed by atoms with Gasteiger partial charge in [-0.05, 0) is 60.9 Å². The highest BCUT2D eigenvalue weighted by atomic mass is 32.2. The summed E-state index contributed by atoms with van der Waals surface area (Å²) in [4.78, 5) is 9.26. The second kappa shape index (κ2) is 15.9. The van der Waals surface area contributed by atoms with E-state index in [9.17, 15) is 0 Å². The van der Waals surface area contributed by atoms with Crippen molar-refractivity contribution in [3.8, 4) is 33.9 Å². The highest BCUT2D eigenvalue weighted by Crippen LogP contribution is 2.48. The second-order valence-electron chi connectivity index (χ2n) is 17.7. The molecule has 1 saturated heterocycles. The van der Waals surface area contributed by atoms with Gasteiger partial charge in [0.15, 0.2) is 40.1 Å². The third kappa shape index (κ3) is 8.19. The molecule has 0 unspecified atom stereocenters. The fourth-order valence-electron chi connectivity index (χ4n) is 6.55. The van der Waals surface area contributed by atoms with Gasteiger partial charge >= 0.3 is 0 Å². The number of methoxy groups -OCH3 is 2. The Morgan fingerprint density at radius 2 is 1.48 bits per heavy atom. The Hall–Kier alpha value is -3.67. The van der Waals surface area contributed by atoms with Crippen LogP contribution in [0.5, 0.6) is 11.5 Å². The maximum atomic E-state index is 7.49. The van der Waals surface area contributed by atoms with Gasteiger partial charge in [0, 0.05) is 34.4 Å². The van der Waals surface area contributed by atoms with Crippen LogP contribution in [-0.2, 0) is 19.3 Å². The number of nitrogens with zero attached hydrogens (tertiary/aromatic N) is 4. The zero-order valence-electron chi connectivity index (χ0n) is 35.2. The highest BCUT2D eigenvalue weighted by Gasteiger charge is 2.54. The normalized spacial score (nSPS) is 19.5. The maximum Gasteiger partial charge on any atom is 0.192 e. The summed E-state index contributed by atoms with van der Waals surface area (Å²) in [6.07, 6.45) is 1.88. The summed E-state index contributed by atoms with van der Waals surface area (Å²) in [7, 11) is -1.49. The molecule has 14 heteroatoms. The van der Waals surface area contributed by atoms with E-state index >= 15 is 0 Å². The van der Waals surface area contributed by atoms with Crippen molar-refractivity contribution in [1.29, 1.82) is 0 Å². The number of anilines is 1. The minimum atomic E-state index is -2.40. The lowest BCUT2D eigenvalue weighted by Gasteiger charge is -2.44. The Balaban J connectivity index is 1.46. The fraction of sp³-hybridized carbons (Fsp3) is 0.500. The van der Waals surface area contributed by atoms with Crippen LogP contribution < -0.4 is 15.2 Å². The van der Waals surface area contributed by atoms with Gasteiger partial charge in [-0.25, -0.2) is 9.97 Å². The minimum Gasteiger partial charge on any atom is -0.493 e. The molecule has 0 aliphatic carbocycles. The lowest BCUT2D eigenvalue weighted by atomic mass is 10.1. The van der Waals surface area contributed by atoms with E-state index in [0.29, 0.717) is 34.5 Å². The first-order valence-corrected chi connectivity index (χ1v) is 26.2. The predicted octanol–water partition coefficient (Wildman–Crippen LogP) is 10.3. The summed E-state index contributed by atoms with van der Waals surface area (Å²) in [6, 6.07) is 16.0. The average Bonchev–Trinajstić information content (AvgIpc) is 3.81. The number of nitrogen functional groups attached to an aromatic ring is 1. The molecule has 6 rings (SSSR count). The van der Waals surface area contributed by atoms with Crippen LogP contribution in [0.25, 0.3) is 33.5 Å². The van der Waals surface area contributed by atoms with Crippen molar-refractivity contribution >= 4 is 45.2 Å². The van der Waals surface area contributed by atoms with Crippen LogP contribution in [0, 0.1) is 6.92 Å². The van der Waals surface area contributed by atoms with Crippen molar-refractivity contribution in [2.45, 2.75) is 115 Å². The summed E-state index contributed by atoms with van der Waals surface area (Å²) in [5.74, 6) is 3.77. The number of hydrogen-bond acceptors (Lipinski definition) is 11. The topological polar surface area (TPSA) is 129 Å². The van der Waals surface area contributed by atoms with E-state index in [1.165, 1.54) is 6.33 Å². The van der Waals surface area contributed by atoms with Gasteiger partial charge in [-0.1, -0.05) is 83.1 Å². The number of rotatable bonds is 13. The number of benzene rings is 2. The van der Waals surface area contributed by atoms with Gasteiger partial charge in [0.05, 0.1) is 31.4 Å². The van der Waals surface area contributed by atoms with Crippen LogP contribution in [0.3, 0.4) is 0 Å². The Morgan fingerprint density at radius 3 is 2.11 bits per heavy atom. The summed E-state index contributed by atoms with van der Waals surface area (Å²) in [6.45, 7) is 24.8. The van der Waals surface area contributed by atoms with Crippen LogP contribution >= 0.6 is 11.8 Å². The van der Waals surface area contributed by atoms with Gasteiger partial charge in [-0.15, -0.1) is 0 Å². The second-order valence-corrected chi connectivity index (χ2v) is 28.2. The SMILES string of the molecule is COc1ccc(-c2cn([C@@H]3O[C@H](CSCc4c(C)noc4-c4ccccc4)[C@@H](O[Si](C)(C)C(C)(C)C)[C@H]3O[Si](C)(C)C(C)(C)C)c3ncnc(N)c23)cc1OC. The first-order valence-electron chi connectivity index (χ1n) is 19.2. The first kappa shape index (κ1) is 42.0. The first-order chi connectivity index (χ1) is 26.3. The van der Waals surface area contributed by atoms with Crippen LogP contribution in [0.2, 0.25) is 36.3 Å². The van der Waals surface area contributed by atoms with E-state index in [1.807, 2.05) is 43.3 Å². The van der Waals surface area contributed by atoms with Crippen LogP contribution in [0.4, 0.5) is 5.82 Å². The third-order valence-corrected chi connectivity index (χ3v) is 21.9. The predicted molar refractivity (Wildman–Crippen MR) is 231 cm³/mol. The van der Waals surface area contributed by atoms with Crippen LogP contribution in [0.15, 0.2) is 65.6 Å². The molecule has 4 atom stereocenters. The van der Waals surface area contributed by atoms with E-state index in [-0.39, 0.29) is 22.3 Å². The Morgan fingerprint density at radius 1 is 0.839 bits per heavy atom.